The lowest BCUT2D eigenvalue weighted by Gasteiger charge is -2.28. The lowest BCUT2D eigenvalue weighted by molar-refractivity contribution is 0.660. The molecule has 8 aromatic rings. The molecule has 1 heterocycles. The van der Waals surface area contributed by atoms with Crippen LogP contribution >= 0.6 is 11.3 Å². The van der Waals surface area contributed by atoms with E-state index in [0.29, 0.717) is 0 Å². The zero-order valence-corrected chi connectivity index (χ0v) is 26.1. The van der Waals surface area contributed by atoms with Gasteiger partial charge in [-0.3, -0.25) is 0 Å². The van der Waals surface area contributed by atoms with Gasteiger partial charge in [0.2, 0.25) is 0 Å². The summed E-state index contributed by atoms with van der Waals surface area (Å²) in [6.45, 7) is 4.71. The van der Waals surface area contributed by atoms with Crippen molar-refractivity contribution < 1.29 is 0 Å². The first kappa shape index (κ1) is 26.2. The minimum atomic E-state index is -0.0734. The highest BCUT2D eigenvalue weighted by Crippen LogP contribution is 2.51. The Labute approximate surface area is 267 Å². The highest BCUT2D eigenvalue weighted by molar-refractivity contribution is 7.25. The Balaban J connectivity index is 1.24. The van der Waals surface area contributed by atoms with Crippen LogP contribution in [-0.2, 0) is 5.41 Å². The van der Waals surface area contributed by atoms with Crippen LogP contribution in [0, 0.1) is 0 Å². The molecule has 0 spiro atoms. The van der Waals surface area contributed by atoms with E-state index >= 15 is 0 Å². The summed E-state index contributed by atoms with van der Waals surface area (Å²) in [5.74, 6) is 0. The smallest absolute Gasteiger partial charge is 0.0476 e. The molecule has 9 rings (SSSR count). The second kappa shape index (κ2) is 9.92. The maximum Gasteiger partial charge on any atom is 0.0476 e. The van der Waals surface area contributed by atoms with Crippen LogP contribution in [0.4, 0.5) is 17.1 Å². The van der Waals surface area contributed by atoms with E-state index in [-0.39, 0.29) is 5.41 Å². The lowest BCUT2D eigenvalue weighted by Crippen LogP contribution is -2.16. The van der Waals surface area contributed by atoms with Gasteiger partial charge >= 0.3 is 0 Å². The predicted molar refractivity (Wildman–Crippen MR) is 195 cm³/mol. The van der Waals surface area contributed by atoms with E-state index < -0.39 is 0 Å². The lowest BCUT2D eigenvalue weighted by atomic mass is 9.82. The van der Waals surface area contributed by atoms with E-state index in [1.165, 1.54) is 70.0 Å². The highest BCUT2D eigenvalue weighted by Gasteiger charge is 2.35. The SMILES string of the molecule is CC1(C)c2ccccc2-c2ccc(N(c3cccc(-c4ccc5ccccc5c4)c3)c3ccc4c(c3)sc3ccccc34)cc21. The van der Waals surface area contributed by atoms with Gasteiger partial charge in [-0.25, -0.2) is 0 Å². The maximum atomic E-state index is 2.44. The molecule has 0 saturated heterocycles. The minimum Gasteiger partial charge on any atom is -0.310 e. The largest absolute Gasteiger partial charge is 0.310 e. The highest BCUT2D eigenvalue weighted by atomic mass is 32.1. The molecule has 0 N–H and O–H groups in total. The zero-order valence-electron chi connectivity index (χ0n) is 25.3. The van der Waals surface area contributed by atoms with E-state index in [0.717, 1.165) is 11.4 Å². The Morgan fingerprint density at radius 3 is 2.07 bits per heavy atom. The minimum absolute atomic E-state index is 0.0734. The fourth-order valence-corrected chi connectivity index (χ4v) is 8.46. The van der Waals surface area contributed by atoms with Crippen molar-refractivity contribution in [3.63, 3.8) is 0 Å². The van der Waals surface area contributed by atoms with E-state index in [1.807, 2.05) is 11.3 Å². The van der Waals surface area contributed by atoms with Crippen LogP contribution in [0.5, 0.6) is 0 Å². The normalized spacial score (nSPS) is 13.3. The molecule has 0 bridgehead atoms. The van der Waals surface area contributed by atoms with E-state index in [1.54, 1.807) is 0 Å². The van der Waals surface area contributed by atoms with Crippen molar-refractivity contribution in [3.8, 4) is 22.3 Å². The third-order valence-electron chi connectivity index (χ3n) is 9.63. The number of anilines is 3. The third kappa shape index (κ3) is 4.13. The number of thiophene rings is 1. The van der Waals surface area contributed by atoms with Gasteiger partial charge in [0.15, 0.2) is 0 Å². The quantitative estimate of drug-likeness (QED) is 0.196. The summed E-state index contributed by atoms with van der Waals surface area (Å²) in [6.07, 6.45) is 0. The molecule has 1 nitrogen and oxygen atoms in total. The van der Waals surface area contributed by atoms with Crippen LogP contribution in [0.15, 0.2) is 152 Å². The molecule has 2 heteroatoms. The van der Waals surface area contributed by atoms with Crippen molar-refractivity contribution in [3.05, 3.63) is 163 Å². The van der Waals surface area contributed by atoms with E-state index in [4.69, 9.17) is 0 Å². The third-order valence-corrected chi connectivity index (χ3v) is 10.8. The molecule has 0 atom stereocenters. The number of hydrogen-bond donors (Lipinski definition) is 0. The summed E-state index contributed by atoms with van der Waals surface area (Å²) in [5.41, 5.74) is 11.3. The summed E-state index contributed by atoms with van der Waals surface area (Å²) in [5, 5.41) is 5.16. The first-order chi connectivity index (χ1) is 22.0. The van der Waals surface area contributed by atoms with Gasteiger partial charge < -0.3 is 4.90 Å². The summed E-state index contributed by atoms with van der Waals surface area (Å²) in [4.78, 5) is 2.44. The molecule has 0 aliphatic heterocycles. The van der Waals surface area contributed by atoms with Crippen molar-refractivity contribution in [2.24, 2.45) is 0 Å². The second-order valence-electron chi connectivity index (χ2n) is 12.6. The average Bonchev–Trinajstić information content (AvgIpc) is 3.56. The number of nitrogens with zero attached hydrogens (tertiary/aromatic N) is 1. The molecule has 1 aromatic heterocycles. The zero-order chi connectivity index (χ0) is 30.1. The fraction of sp³-hybridized carbons (Fsp3) is 0.0698. The van der Waals surface area contributed by atoms with Gasteiger partial charge in [0.1, 0.15) is 0 Å². The Kier molecular flexibility index (Phi) is 5.78. The number of benzene rings is 7. The molecular formula is C43H31NS. The Morgan fingerprint density at radius 2 is 1.13 bits per heavy atom. The van der Waals surface area contributed by atoms with Gasteiger partial charge in [-0.05, 0) is 92.7 Å². The monoisotopic (exact) mass is 593 g/mol. The standard InChI is InChI=1S/C43H31NS/c1-43(2)39-16-7-5-14-35(39)36-22-20-33(26-40(36)43)44(34-21-23-38-37-15-6-8-17-41(37)45-42(38)27-34)32-13-9-12-30(25-32)31-19-18-28-10-3-4-11-29(28)24-31/h3-27H,1-2H3. The maximum absolute atomic E-state index is 2.44. The van der Waals surface area contributed by atoms with Gasteiger partial charge in [-0.1, -0.05) is 117 Å². The molecule has 1 aliphatic rings. The molecule has 0 amide bonds. The van der Waals surface area contributed by atoms with Gasteiger partial charge in [-0.15, -0.1) is 11.3 Å². The van der Waals surface area contributed by atoms with E-state index in [2.05, 4.69) is 170 Å². The Bertz CT molecular complexity index is 2430. The predicted octanol–water partition coefficient (Wildman–Crippen LogP) is 12.7. The van der Waals surface area contributed by atoms with Gasteiger partial charge in [0.25, 0.3) is 0 Å². The summed E-state index contributed by atoms with van der Waals surface area (Å²) >= 11 is 1.87. The van der Waals surface area contributed by atoms with Gasteiger partial charge in [-0.2, -0.15) is 0 Å². The molecular weight excluding hydrogens is 563 g/mol. The molecule has 0 fully saturated rings. The first-order valence-corrected chi connectivity index (χ1v) is 16.4. The Hall–Kier alpha value is -5.18. The number of hydrogen-bond acceptors (Lipinski definition) is 2. The molecule has 7 aromatic carbocycles. The molecule has 0 saturated carbocycles. The van der Waals surface area contributed by atoms with Crippen molar-refractivity contribution in [1.82, 2.24) is 0 Å². The van der Waals surface area contributed by atoms with Crippen molar-refractivity contribution in [2.45, 2.75) is 19.3 Å². The molecule has 0 unspecified atom stereocenters. The van der Waals surface area contributed by atoms with E-state index in [9.17, 15) is 0 Å². The molecule has 1 aliphatic carbocycles. The number of rotatable bonds is 4. The van der Waals surface area contributed by atoms with Crippen LogP contribution < -0.4 is 4.90 Å². The first-order valence-electron chi connectivity index (χ1n) is 15.6. The average molecular weight is 594 g/mol. The molecule has 45 heavy (non-hydrogen) atoms. The topological polar surface area (TPSA) is 3.24 Å². The summed E-state index contributed by atoms with van der Waals surface area (Å²) < 4.78 is 2.63. The van der Waals surface area contributed by atoms with Gasteiger partial charge in [0.05, 0.1) is 0 Å². The van der Waals surface area contributed by atoms with Crippen molar-refractivity contribution in [2.75, 3.05) is 4.90 Å². The Morgan fingerprint density at radius 1 is 0.444 bits per heavy atom. The molecule has 214 valence electrons. The summed E-state index contributed by atoms with van der Waals surface area (Å²) in [7, 11) is 0. The molecule has 0 radical (unpaired) electrons. The fourth-order valence-electron chi connectivity index (χ4n) is 7.33. The van der Waals surface area contributed by atoms with Crippen LogP contribution in [0.1, 0.15) is 25.0 Å². The van der Waals surface area contributed by atoms with Crippen LogP contribution in [0.3, 0.4) is 0 Å². The van der Waals surface area contributed by atoms with Crippen LogP contribution in [-0.4, -0.2) is 0 Å². The second-order valence-corrected chi connectivity index (χ2v) is 13.7. The van der Waals surface area contributed by atoms with Crippen LogP contribution in [0.2, 0.25) is 0 Å². The van der Waals surface area contributed by atoms with Crippen molar-refractivity contribution >= 4 is 59.3 Å². The van der Waals surface area contributed by atoms with Crippen LogP contribution in [0.25, 0.3) is 53.2 Å². The van der Waals surface area contributed by atoms with Crippen molar-refractivity contribution in [1.29, 1.82) is 0 Å². The van der Waals surface area contributed by atoms with Gasteiger partial charge in [0, 0.05) is 42.6 Å². The number of fused-ring (bicyclic) bond motifs is 7. The summed E-state index contributed by atoms with van der Waals surface area (Å²) in [6, 6.07) is 56.0.